The van der Waals surface area contributed by atoms with Crippen LogP contribution < -0.4 is 15.8 Å². The summed E-state index contributed by atoms with van der Waals surface area (Å²) in [5.74, 6) is 0.375. The highest BCUT2D eigenvalue weighted by molar-refractivity contribution is 7.09. The lowest BCUT2D eigenvalue weighted by Crippen LogP contribution is -2.22. The first kappa shape index (κ1) is 12.4. The molecule has 1 heterocycles. The lowest BCUT2D eigenvalue weighted by atomic mass is 10.2. The zero-order valence-electron chi connectivity index (χ0n) is 9.97. The van der Waals surface area contributed by atoms with Crippen molar-refractivity contribution < 1.29 is 9.53 Å². The van der Waals surface area contributed by atoms with Crippen molar-refractivity contribution >= 4 is 22.9 Å². The molecule has 1 aromatic heterocycles. The Labute approximate surface area is 109 Å². The molecule has 0 spiro atoms. The van der Waals surface area contributed by atoms with Crippen molar-refractivity contribution in [3.8, 4) is 5.75 Å². The molecule has 0 aliphatic carbocycles. The first-order valence-electron chi connectivity index (χ1n) is 5.45. The number of carbonyl (C=O) groups excluding carboxylic acids is 1. The van der Waals surface area contributed by atoms with Crippen LogP contribution in [0.5, 0.6) is 5.75 Å². The molecule has 0 fully saturated rings. The molecular formula is C13H14N2O2S. The van der Waals surface area contributed by atoms with Gasteiger partial charge in [0.2, 0.25) is 0 Å². The first-order chi connectivity index (χ1) is 8.70. The van der Waals surface area contributed by atoms with Gasteiger partial charge in [0.25, 0.3) is 5.91 Å². The third-order valence-electron chi connectivity index (χ3n) is 2.50. The Bertz CT molecular complexity index is 538. The van der Waals surface area contributed by atoms with Gasteiger partial charge >= 0.3 is 0 Å². The van der Waals surface area contributed by atoms with Gasteiger partial charge < -0.3 is 15.8 Å². The number of ether oxygens (including phenoxy) is 1. The molecule has 0 unspecified atom stereocenters. The van der Waals surface area contributed by atoms with Crippen molar-refractivity contribution in [1.29, 1.82) is 0 Å². The summed E-state index contributed by atoms with van der Waals surface area (Å²) in [6.07, 6.45) is 0. The van der Waals surface area contributed by atoms with Crippen molar-refractivity contribution in [1.82, 2.24) is 5.32 Å². The Morgan fingerprint density at radius 3 is 2.94 bits per heavy atom. The molecule has 3 N–H and O–H groups in total. The Morgan fingerprint density at radius 2 is 2.28 bits per heavy atom. The highest BCUT2D eigenvalue weighted by Crippen LogP contribution is 2.22. The van der Waals surface area contributed by atoms with E-state index in [9.17, 15) is 4.79 Å². The second-order valence-electron chi connectivity index (χ2n) is 3.72. The molecule has 2 rings (SSSR count). The number of amides is 1. The molecule has 0 saturated carbocycles. The summed E-state index contributed by atoms with van der Waals surface area (Å²) in [5, 5.41) is 4.83. The van der Waals surface area contributed by atoms with Gasteiger partial charge in [-0.25, -0.2) is 0 Å². The highest BCUT2D eigenvalue weighted by atomic mass is 32.1. The van der Waals surface area contributed by atoms with E-state index in [0.717, 1.165) is 4.88 Å². The fraction of sp³-hybridized carbons (Fsp3) is 0.154. The molecule has 4 nitrogen and oxygen atoms in total. The van der Waals surface area contributed by atoms with Crippen molar-refractivity contribution in [2.45, 2.75) is 6.54 Å². The summed E-state index contributed by atoms with van der Waals surface area (Å²) in [7, 11) is 1.53. The minimum atomic E-state index is -0.137. The predicted octanol–water partition coefficient (Wildman–Crippen LogP) is 2.27. The van der Waals surface area contributed by atoms with Gasteiger partial charge in [0.15, 0.2) is 0 Å². The van der Waals surface area contributed by atoms with Gasteiger partial charge in [-0.15, -0.1) is 11.3 Å². The lowest BCUT2D eigenvalue weighted by molar-refractivity contribution is 0.0951. The van der Waals surface area contributed by atoms with Crippen LogP contribution in [0.4, 0.5) is 5.69 Å². The number of nitrogens with two attached hydrogens (primary N) is 1. The van der Waals surface area contributed by atoms with E-state index in [1.54, 1.807) is 29.5 Å². The molecule has 94 valence electrons. The van der Waals surface area contributed by atoms with Gasteiger partial charge in [-0.2, -0.15) is 0 Å². The average molecular weight is 262 g/mol. The lowest BCUT2D eigenvalue weighted by Gasteiger charge is -2.07. The second-order valence-corrected chi connectivity index (χ2v) is 4.75. The molecule has 0 aliphatic heterocycles. The molecule has 0 aliphatic rings. The first-order valence-corrected chi connectivity index (χ1v) is 6.33. The van der Waals surface area contributed by atoms with Crippen molar-refractivity contribution in [2.24, 2.45) is 0 Å². The normalized spacial score (nSPS) is 10.1. The number of thiophene rings is 1. The molecule has 0 radical (unpaired) electrons. The van der Waals surface area contributed by atoms with E-state index in [1.165, 1.54) is 7.11 Å². The van der Waals surface area contributed by atoms with E-state index in [-0.39, 0.29) is 5.91 Å². The monoisotopic (exact) mass is 262 g/mol. The van der Waals surface area contributed by atoms with Crippen LogP contribution in [0.1, 0.15) is 15.2 Å². The Balaban J connectivity index is 2.04. The van der Waals surface area contributed by atoms with Crippen LogP contribution in [0.2, 0.25) is 0 Å². The molecule has 5 heteroatoms. The average Bonchev–Trinajstić information content (AvgIpc) is 2.89. The molecule has 0 atom stereocenters. The molecule has 18 heavy (non-hydrogen) atoms. The standard InChI is InChI=1S/C13H14N2O2S/c1-17-12-7-9(4-5-11(12)14)13(16)15-8-10-3-2-6-18-10/h2-7H,8,14H2,1H3,(H,15,16). The van der Waals surface area contributed by atoms with Crippen LogP contribution in [0, 0.1) is 0 Å². The van der Waals surface area contributed by atoms with E-state index in [2.05, 4.69) is 5.32 Å². The van der Waals surface area contributed by atoms with E-state index < -0.39 is 0 Å². The minimum Gasteiger partial charge on any atom is -0.495 e. The largest absolute Gasteiger partial charge is 0.495 e. The number of hydrogen-bond donors (Lipinski definition) is 2. The van der Waals surface area contributed by atoms with Crippen molar-refractivity contribution in [3.63, 3.8) is 0 Å². The molecular weight excluding hydrogens is 248 g/mol. The number of rotatable bonds is 4. The quantitative estimate of drug-likeness (QED) is 0.831. The van der Waals surface area contributed by atoms with Gasteiger partial charge in [-0.05, 0) is 29.6 Å². The summed E-state index contributed by atoms with van der Waals surface area (Å²) >= 11 is 1.61. The molecule has 0 bridgehead atoms. The fourth-order valence-electron chi connectivity index (χ4n) is 1.54. The van der Waals surface area contributed by atoms with Crippen LogP contribution in [-0.4, -0.2) is 13.0 Å². The number of nitrogens with one attached hydrogen (secondary N) is 1. The SMILES string of the molecule is COc1cc(C(=O)NCc2cccs2)ccc1N. The number of methoxy groups -OCH3 is 1. The van der Waals surface area contributed by atoms with Gasteiger partial charge in [0.1, 0.15) is 5.75 Å². The second kappa shape index (κ2) is 5.55. The van der Waals surface area contributed by atoms with Crippen LogP contribution in [0.25, 0.3) is 0 Å². The number of nitrogen functional groups attached to an aromatic ring is 1. The molecule has 0 saturated heterocycles. The maximum Gasteiger partial charge on any atom is 0.251 e. The summed E-state index contributed by atoms with van der Waals surface area (Å²) in [6.45, 7) is 0.531. The molecule has 2 aromatic rings. The minimum absolute atomic E-state index is 0.137. The summed E-state index contributed by atoms with van der Waals surface area (Å²) in [5.41, 5.74) is 6.76. The number of benzene rings is 1. The van der Waals surface area contributed by atoms with Crippen LogP contribution in [0.15, 0.2) is 35.7 Å². The van der Waals surface area contributed by atoms with Crippen molar-refractivity contribution in [2.75, 3.05) is 12.8 Å². The van der Waals surface area contributed by atoms with Crippen LogP contribution in [0.3, 0.4) is 0 Å². The third kappa shape index (κ3) is 2.81. The van der Waals surface area contributed by atoms with E-state index >= 15 is 0 Å². The van der Waals surface area contributed by atoms with Gasteiger partial charge in [-0.1, -0.05) is 6.07 Å². The summed E-state index contributed by atoms with van der Waals surface area (Å²) in [4.78, 5) is 13.0. The Morgan fingerprint density at radius 1 is 1.44 bits per heavy atom. The number of hydrogen-bond acceptors (Lipinski definition) is 4. The summed E-state index contributed by atoms with van der Waals surface area (Å²) < 4.78 is 5.08. The predicted molar refractivity (Wildman–Crippen MR) is 72.9 cm³/mol. The maximum absolute atomic E-state index is 11.9. The van der Waals surface area contributed by atoms with E-state index in [1.807, 2.05) is 17.5 Å². The van der Waals surface area contributed by atoms with Gasteiger partial charge in [0, 0.05) is 10.4 Å². The zero-order chi connectivity index (χ0) is 13.0. The Kier molecular flexibility index (Phi) is 3.84. The highest BCUT2D eigenvalue weighted by Gasteiger charge is 2.08. The van der Waals surface area contributed by atoms with E-state index in [4.69, 9.17) is 10.5 Å². The summed E-state index contributed by atoms with van der Waals surface area (Å²) in [6, 6.07) is 8.92. The van der Waals surface area contributed by atoms with Crippen LogP contribution >= 0.6 is 11.3 Å². The molecule has 1 aromatic carbocycles. The fourth-order valence-corrected chi connectivity index (χ4v) is 2.18. The smallest absolute Gasteiger partial charge is 0.251 e. The number of carbonyl (C=O) groups is 1. The molecule has 1 amide bonds. The van der Waals surface area contributed by atoms with Crippen molar-refractivity contribution in [3.05, 3.63) is 46.2 Å². The zero-order valence-corrected chi connectivity index (χ0v) is 10.8. The Hall–Kier alpha value is -2.01. The maximum atomic E-state index is 11.9. The van der Waals surface area contributed by atoms with Gasteiger partial charge in [-0.3, -0.25) is 4.79 Å². The number of anilines is 1. The van der Waals surface area contributed by atoms with E-state index in [0.29, 0.717) is 23.5 Å². The topological polar surface area (TPSA) is 64.3 Å². The van der Waals surface area contributed by atoms with Gasteiger partial charge in [0.05, 0.1) is 19.3 Å². The van der Waals surface area contributed by atoms with Crippen LogP contribution in [-0.2, 0) is 6.54 Å². The third-order valence-corrected chi connectivity index (χ3v) is 3.38.